The molecule has 1 aliphatic heterocycles. The zero-order valence-corrected chi connectivity index (χ0v) is 3.96. The first kappa shape index (κ1) is 4.16. The molecule has 1 rings (SSSR count). The Kier molecular flexibility index (Phi) is 0.966. The van der Waals surface area contributed by atoms with Crippen molar-refractivity contribution in [3.8, 4) is 0 Å². The summed E-state index contributed by atoms with van der Waals surface area (Å²) in [5.74, 6) is 0. The largest absolute Gasteiger partial charge is 0.401 e. The van der Waals surface area contributed by atoms with E-state index in [1.165, 1.54) is 0 Å². The zero-order chi connectivity index (χ0) is 5.11. The molecule has 36 valence electrons. The molecule has 0 aliphatic carbocycles. The maximum atomic E-state index is 5.37. The maximum absolute atomic E-state index is 5.37. The number of hydrogen-bond acceptors (Lipinski definition) is 1. The molecule has 0 aromatic heterocycles. The first-order valence-corrected chi connectivity index (χ1v) is 2.19. The van der Waals surface area contributed by atoms with Crippen LogP contribution in [0.1, 0.15) is 6.42 Å². The number of nitrogens with zero attached hydrogens (tertiary/aromatic N) is 1. The minimum Gasteiger partial charge on any atom is -0.401 e. The molecule has 0 aromatic rings. The molecule has 0 spiro atoms. The van der Waals surface area contributed by atoms with Gasteiger partial charge in [0.2, 0.25) is 0 Å². The standard InChI is InChI=1S/C5H6N2/c6-5-1-3-7-4-2-5/h1,3-4,6H,2H2/p+1. The van der Waals surface area contributed by atoms with Crippen LogP contribution in [0.25, 0.3) is 0 Å². The van der Waals surface area contributed by atoms with Gasteiger partial charge in [-0.3, -0.25) is 0 Å². The summed E-state index contributed by atoms with van der Waals surface area (Å²) in [7, 11) is 0. The molecule has 0 atom stereocenters. The van der Waals surface area contributed by atoms with Gasteiger partial charge in [0.05, 0.1) is 6.42 Å². The van der Waals surface area contributed by atoms with Gasteiger partial charge in [0.25, 0.3) is 12.4 Å². The Labute approximate surface area is 42.1 Å². The highest BCUT2D eigenvalue weighted by Gasteiger charge is 1.94. The Hall–Kier alpha value is -1.01. The minimum absolute atomic E-state index is 0.802. The Morgan fingerprint density at radius 3 is 2.86 bits per heavy atom. The molecule has 0 saturated carbocycles. The molecule has 2 N–H and O–H groups in total. The van der Waals surface area contributed by atoms with E-state index in [9.17, 15) is 0 Å². The van der Waals surface area contributed by atoms with Crippen LogP contribution >= 0.6 is 0 Å². The Morgan fingerprint density at radius 2 is 2.57 bits per heavy atom. The van der Waals surface area contributed by atoms with Gasteiger partial charge < -0.3 is 5.73 Å². The SMILES string of the molecule is NC1=CC=[N+]=CC1. The van der Waals surface area contributed by atoms with Crippen molar-refractivity contribution in [2.45, 2.75) is 6.42 Å². The van der Waals surface area contributed by atoms with E-state index < -0.39 is 0 Å². The topological polar surface area (TPSA) is 40.1 Å². The quantitative estimate of drug-likeness (QED) is 0.402. The van der Waals surface area contributed by atoms with E-state index in [0.29, 0.717) is 0 Å². The van der Waals surface area contributed by atoms with E-state index in [-0.39, 0.29) is 0 Å². The van der Waals surface area contributed by atoms with Crippen LogP contribution in [0.4, 0.5) is 0 Å². The number of rotatable bonds is 0. The monoisotopic (exact) mass is 95.1 g/mol. The van der Waals surface area contributed by atoms with Gasteiger partial charge in [-0.2, -0.15) is 0 Å². The summed E-state index contributed by atoms with van der Waals surface area (Å²) >= 11 is 0. The second-order valence-corrected chi connectivity index (χ2v) is 1.43. The highest BCUT2D eigenvalue weighted by molar-refractivity contribution is 5.79. The lowest BCUT2D eigenvalue weighted by Gasteiger charge is -1.84. The van der Waals surface area contributed by atoms with E-state index >= 15 is 0 Å². The van der Waals surface area contributed by atoms with Crippen molar-refractivity contribution in [1.82, 2.24) is 4.67 Å². The average Bonchev–Trinajstić information content (AvgIpc) is 1.69. The number of nitrogens with two attached hydrogens (primary N) is 1. The fraction of sp³-hybridized carbons (Fsp3) is 0.200. The van der Waals surface area contributed by atoms with Crippen molar-refractivity contribution in [1.29, 1.82) is 0 Å². The van der Waals surface area contributed by atoms with Crippen molar-refractivity contribution < 1.29 is 0 Å². The lowest BCUT2D eigenvalue weighted by molar-refractivity contribution is 1.22. The second-order valence-electron chi connectivity index (χ2n) is 1.43. The van der Waals surface area contributed by atoms with Crippen LogP contribution in [0.3, 0.4) is 0 Å². The molecule has 0 unspecified atom stereocenters. The molecule has 0 bridgehead atoms. The molecule has 1 aliphatic rings. The molecule has 0 saturated heterocycles. The third kappa shape index (κ3) is 0.913. The van der Waals surface area contributed by atoms with Crippen molar-refractivity contribution in [3.05, 3.63) is 11.8 Å². The predicted octanol–water partition coefficient (Wildman–Crippen LogP) is -0.558. The van der Waals surface area contributed by atoms with E-state index in [1.807, 2.05) is 0 Å². The van der Waals surface area contributed by atoms with E-state index in [0.717, 1.165) is 12.1 Å². The van der Waals surface area contributed by atoms with E-state index in [1.54, 1.807) is 18.5 Å². The summed E-state index contributed by atoms with van der Waals surface area (Å²) in [6.07, 6.45) is 6.09. The minimum atomic E-state index is 0.802. The Balaban J connectivity index is 2.77. The number of hydrogen-bond donors (Lipinski definition) is 1. The van der Waals surface area contributed by atoms with Crippen LogP contribution in [0.5, 0.6) is 0 Å². The highest BCUT2D eigenvalue weighted by atomic mass is 14.6. The van der Waals surface area contributed by atoms with Crippen LogP contribution in [0.15, 0.2) is 11.8 Å². The molecule has 0 radical (unpaired) electrons. The van der Waals surface area contributed by atoms with Gasteiger partial charge in [0.15, 0.2) is 0 Å². The molecule has 7 heavy (non-hydrogen) atoms. The summed E-state index contributed by atoms with van der Waals surface area (Å²) in [4.78, 5) is 0. The van der Waals surface area contributed by atoms with Crippen LogP contribution in [-0.2, 0) is 0 Å². The van der Waals surface area contributed by atoms with Crippen LogP contribution in [0.2, 0.25) is 0 Å². The summed E-state index contributed by atoms with van der Waals surface area (Å²) < 4.78 is 3.82. The maximum Gasteiger partial charge on any atom is 0.293 e. The first-order valence-electron chi connectivity index (χ1n) is 2.19. The van der Waals surface area contributed by atoms with Gasteiger partial charge >= 0.3 is 0 Å². The molecule has 1 heterocycles. The van der Waals surface area contributed by atoms with E-state index in [2.05, 4.69) is 4.67 Å². The summed E-state index contributed by atoms with van der Waals surface area (Å²) in [6.45, 7) is 0. The third-order valence-corrected chi connectivity index (χ3v) is 0.807. The zero-order valence-electron chi connectivity index (χ0n) is 3.96. The van der Waals surface area contributed by atoms with Crippen molar-refractivity contribution in [3.63, 3.8) is 0 Å². The van der Waals surface area contributed by atoms with Crippen LogP contribution < -0.4 is 10.4 Å². The molecular formula is C5H7N2+. The summed E-state index contributed by atoms with van der Waals surface area (Å²) in [5.41, 5.74) is 6.26. The van der Waals surface area contributed by atoms with Gasteiger partial charge in [-0.1, -0.05) is 0 Å². The molecule has 0 aromatic carbocycles. The summed E-state index contributed by atoms with van der Waals surface area (Å²) in [5, 5.41) is 0. The van der Waals surface area contributed by atoms with Gasteiger partial charge in [0, 0.05) is 11.8 Å². The van der Waals surface area contributed by atoms with Crippen molar-refractivity contribution >= 4 is 12.4 Å². The number of allylic oxidation sites excluding steroid dienone is 2. The second kappa shape index (κ2) is 1.63. The summed E-state index contributed by atoms with van der Waals surface area (Å²) in [6, 6.07) is 0. The smallest absolute Gasteiger partial charge is 0.293 e. The Morgan fingerprint density at radius 1 is 1.71 bits per heavy atom. The molecule has 2 nitrogen and oxygen atoms in total. The lowest BCUT2D eigenvalue weighted by atomic mass is 10.3. The molecular weight excluding hydrogens is 88.1 g/mol. The molecule has 0 amide bonds. The first-order chi connectivity index (χ1) is 3.39. The average molecular weight is 95.1 g/mol. The van der Waals surface area contributed by atoms with Crippen LogP contribution in [-0.4, -0.2) is 12.4 Å². The fourth-order valence-electron chi connectivity index (χ4n) is 0.426. The van der Waals surface area contributed by atoms with Crippen molar-refractivity contribution in [2.75, 3.05) is 0 Å². The van der Waals surface area contributed by atoms with E-state index in [4.69, 9.17) is 5.73 Å². The highest BCUT2D eigenvalue weighted by Crippen LogP contribution is 1.85. The van der Waals surface area contributed by atoms with Gasteiger partial charge in [-0.25, -0.2) is 0 Å². The predicted molar refractivity (Wildman–Crippen MR) is 31.1 cm³/mol. The van der Waals surface area contributed by atoms with Crippen LogP contribution in [0, 0.1) is 0 Å². The van der Waals surface area contributed by atoms with Gasteiger partial charge in [-0.15, -0.1) is 4.67 Å². The normalized spacial score (nSPS) is 16.9. The third-order valence-electron chi connectivity index (χ3n) is 0.807. The Bertz CT molecular complexity index is 149. The molecule has 2 heteroatoms. The van der Waals surface area contributed by atoms with Gasteiger partial charge in [0.1, 0.15) is 0 Å². The molecule has 0 fully saturated rings. The lowest BCUT2D eigenvalue weighted by Crippen LogP contribution is -2.02. The fourth-order valence-corrected chi connectivity index (χ4v) is 0.426. The van der Waals surface area contributed by atoms with Gasteiger partial charge in [-0.05, 0) is 0 Å². The van der Waals surface area contributed by atoms with Crippen molar-refractivity contribution in [2.24, 2.45) is 5.73 Å².